The lowest BCUT2D eigenvalue weighted by Gasteiger charge is -2.18. The SMILES string of the molecule is O=C1CCc2ccc([N+](=O)[O-])cc2C(=O)N1C(=O)C(F)(F)F. The summed E-state index contributed by atoms with van der Waals surface area (Å²) in [6.07, 6.45) is -5.99. The van der Waals surface area contributed by atoms with Crippen molar-refractivity contribution in [1.29, 1.82) is 0 Å². The Balaban J connectivity index is 2.54. The van der Waals surface area contributed by atoms with Gasteiger partial charge in [-0.15, -0.1) is 0 Å². The first-order valence-corrected chi connectivity index (χ1v) is 5.88. The van der Waals surface area contributed by atoms with Gasteiger partial charge in [0.15, 0.2) is 0 Å². The first-order chi connectivity index (χ1) is 10.1. The Labute approximate surface area is 120 Å². The van der Waals surface area contributed by atoms with E-state index < -0.39 is 51.4 Å². The molecule has 0 aliphatic carbocycles. The summed E-state index contributed by atoms with van der Waals surface area (Å²) in [6, 6.07) is 3.00. The molecule has 1 aromatic carbocycles. The van der Waals surface area contributed by atoms with E-state index >= 15 is 0 Å². The second-order valence-corrected chi connectivity index (χ2v) is 4.44. The molecule has 1 aromatic rings. The third-order valence-electron chi connectivity index (χ3n) is 3.04. The second-order valence-electron chi connectivity index (χ2n) is 4.44. The Kier molecular flexibility index (Phi) is 3.69. The molecule has 1 heterocycles. The van der Waals surface area contributed by atoms with Gasteiger partial charge in [-0.2, -0.15) is 13.2 Å². The normalized spacial score (nSPS) is 15.3. The molecule has 0 fully saturated rings. The largest absolute Gasteiger partial charge is 0.472 e. The van der Waals surface area contributed by atoms with Gasteiger partial charge in [-0.05, 0) is 12.0 Å². The fourth-order valence-electron chi connectivity index (χ4n) is 2.01. The number of nitro benzene ring substituents is 1. The number of amides is 3. The van der Waals surface area contributed by atoms with Crippen LogP contribution >= 0.6 is 0 Å². The van der Waals surface area contributed by atoms with Crippen LogP contribution in [0.1, 0.15) is 22.3 Å². The van der Waals surface area contributed by atoms with Crippen molar-refractivity contribution in [2.75, 3.05) is 0 Å². The topological polar surface area (TPSA) is 97.6 Å². The Morgan fingerprint density at radius 3 is 2.41 bits per heavy atom. The van der Waals surface area contributed by atoms with Crippen LogP contribution < -0.4 is 0 Å². The highest BCUT2D eigenvalue weighted by molar-refractivity contribution is 6.18. The molecule has 22 heavy (non-hydrogen) atoms. The average Bonchev–Trinajstić information content (AvgIpc) is 2.54. The van der Waals surface area contributed by atoms with Crippen LogP contribution in [0.15, 0.2) is 18.2 Å². The summed E-state index contributed by atoms with van der Waals surface area (Å²) in [7, 11) is 0. The Hall–Kier alpha value is -2.78. The number of benzene rings is 1. The number of nitrogens with zero attached hydrogens (tertiary/aromatic N) is 2. The van der Waals surface area contributed by atoms with Gasteiger partial charge in [0.1, 0.15) is 0 Å². The average molecular weight is 316 g/mol. The van der Waals surface area contributed by atoms with E-state index in [9.17, 15) is 37.7 Å². The van der Waals surface area contributed by atoms with Crippen LogP contribution in [0, 0.1) is 10.1 Å². The number of fused-ring (bicyclic) bond motifs is 1. The van der Waals surface area contributed by atoms with Crippen molar-refractivity contribution in [1.82, 2.24) is 4.90 Å². The van der Waals surface area contributed by atoms with Crippen molar-refractivity contribution in [3.63, 3.8) is 0 Å². The molecule has 2 rings (SSSR count). The van der Waals surface area contributed by atoms with Gasteiger partial charge in [0.25, 0.3) is 11.6 Å². The predicted molar refractivity (Wildman–Crippen MR) is 63.7 cm³/mol. The van der Waals surface area contributed by atoms with Crippen molar-refractivity contribution in [3.8, 4) is 0 Å². The molecule has 1 aliphatic heterocycles. The molecule has 0 bridgehead atoms. The zero-order chi connectivity index (χ0) is 16.7. The quantitative estimate of drug-likeness (QED) is 0.445. The molecule has 0 unspecified atom stereocenters. The van der Waals surface area contributed by atoms with Crippen LogP contribution in [-0.4, -0.2) is 33.7 Å². The summed E-state index contributed by atoms with van der Waals surface area (Å²) >= 11 is 0. The number of non-ortho nitro benzene ring substituents is 1. The van der Waals surface area contributed by atoms with E-state index in [1.165, 1.54) is 6.07 Å². The van der Waals surface area contributed by atoms with E-state index in [0.29, 0.717) is 0 Å². The fraction of sp³-hybridized carbons (Fsp3) is 0.250. The molecule has 10 heteroatoms. The number of hydrogen-bond donors (Lipinski definition) is 0. The predicted octanol–water partition coefficient (Wildman–Crippen LogP) is 1.60. The lowest BCUT2D eigenvalue weighted by atomic mass is 10.0. The van der Waals surface area contributed by atoms with Gasteiger partial charge in [-0.1, -0.05) is 6.07 Å². The molecule has 0 aromatic heterocycles. The monoisotopic (exact) mass is 316 g/mol. The fourth-order valence-corrected chi connectivity index (χ4v) is 2.01. The lowest BCUT2D eigenvalue weighted by molar-refractivity contribution is -0.384. The molecule has 0 saturated heterocycles. The maximum absolute atomic E-state index is 12.5. The second kappa shape index (κ2) is 5.20. The molecule has 116 valence electrons. The van der Waals surface area contributed by atoms with Crippen LogP contribution in [0.2, 0.25) is 0 Å². The summed E-state index contributed by atoms with van der Waals surface area (Å²) in [5, 5.41) is 10.7. The zero-order valence-electron chi connectivity index (χ0n) is 10.7. The number of hydrogen-bond acceptors (Lipinski definition) is 5. The summed E-state index contributed by atoms with van der Waals surface area (Å²) in [4.78, 5) is 44.3. The summed E-state index contributed by atoms with van der Waals surface area (Å²) in [5.41, 5.74) is -0.820. The number of carbonyl (C=O) groups is 3. The highest BCUT2D eigenvalue weighted by Gasteiger charge is 2.48. The smallest absolute Gasteiger partial charge is 0.274 e. The Morgan fingerprint density at radius 1 is 1.23 bits per heavy atom. The molecular weight excluding hydrogens is 309 g/mol. The first-order valence-electron chi connectivity index (χ1n) is 5.88. The van der Waals surface area contributed by atoms with E-state index in [4.69, 9.17) is 0 Å². The van der Waals surface area contributed by atoms with Crippen LogP contribution in [0.5, 0.6) is 0 Å². The number of halogens is 3. The van der Waals surface area contributed by atoms with Crippen molar-refractivity contribution in [2.24, 2.45) is 0 Å². The number of carbonyl (C=O) groups excluding carboxylic acids is 3. The molecule has 1 aliphatic rings. The standard InChI is InChI=1S/C12H7F3N2O5/c13-12(14,15)11(20)16-9(18)4-2-6-1-3-7(17(21)22)5-8(6)10(16)19/h1,3,5H,2,4H2. The van der Waals surface area contributed by atoms with Crippen molar-refractivity contribution in [3.05, 3.63) is 39.4 Å². The number of imide groups is 3. The minimum absolute atomic E-state index is 0.0977. The molecule has 3 amide bonds. The number of rotatable bonds is 1. The maximum Gasteiger partial charge on any atom is 0.472 e. The summed E-state index contributed by atoms with van der Waals surface area (Å²) < 4.78 is 37.5. The van der Waals surface area contributed by atoms with E-state index in [2.05, 4.69) is 0 Å². The van der Waals surface area contributed by atoms with Gasteiger partial charge in [0, 0.05) is 18.6 Å². The van der Waals surface area contributed by atoms with E-state index in [-0.39, 0.29) is 12.0 Å². The van der Waals surface area contributed by atoms with Crippen LogP contribution in [0.4, 0.5) is 18.9 Å². The lowest BCUT2D eigenvalue weighted by Crippen LogP contribution is -2.47. The molecule has 0 saturated carbocycles. The number of alkyl halides is 3. The van der Waals surface area contributed by atoms with Gasteiger partial charge < -0.3 is 0 Å². The minimum Gasteiger partial charge on any atom is -0.274 e. The van der Waals surface area contributed by atoms with Crippen LogP contribution in [0.25, 0.3) is 0 Å². The molecular formula is C12H7F3N2O5. The molecule has 7 nitrogen and oxygen atoms in total. The highest BCUT2D eigenvalue weighted by atomic mass is 19.4. The van der Waals surface area contributed by atoms with Crippen LogP contribution in [-0.2, 0) is 16.0 Å². The van der Waals surface area contributed by atoms with E-state index in [1.807, 2.05) is 0 Å². The van der Waals surface area contributed by atoms with Gasteiger partial charge >= 0.3 is 12.1 Å². The molecule has 0 atom stereocenters. The van der Waals surface area contributed by atoms with Gasteiger partial charge in [-0.25, -0.2) is 4.90 Å². The van der Waals surface area contributed by atoms with Gasteiger partial charge in [0.2, 0.25) is 5.91 Å². The first kappa shape index (κ1) is 15.6. The van der Waals surface area contributed by atoms with Crippen molar-refractivity contribution < 1.29 is 32.5 Å². The molecule has 0 spiro atoms. The summed E-state index contributed by atoms with van der Waals surface area (Å²) in [6.45, 7) is 0. The van der Waals surface area contributed by atoms with E-state index in [1.54, 1.807) is 0 Å². The minimum atomic E-state index is -5.41. The molecule has 0 N–H and O–H groups in total. The van der Waals surface area contributed by atoms with Gasteiger partial charge in [-0.3, -0.25) is 24.5 Å². The third-order valence-corrected chi connectivity index (χ3v) is 3.04. The zero-order valence-corrected chi connectivity index (χ0v) is 10.7. The highest BCUT2D eigenvalue weighted by Crippen LogP contribution is 2.27. The maximum atomic E-state index is 12.5. The number of aryl methyl sites for hydroxylation is 1. The molecule has 0 radical (unpaired) electrons. The Bertz CT molecular complexity index is 698. The number of nitro groups is 1. The van der Waals surface area contributed by atoms with Gasteiger partial charge in [0.05, 0.1) is 10.5 Å². The van der Waals surface area contributed by atoms with Crippen LogP contribution in [0.3, 0.4) is 0 Å². The van der Waals surface area contributed by atoms with Crippen molar-refractivity contribution in [2.45, 2.75) is 19.0 Å². The summed E-state index contributed by atoms with van der Waals surface area (Å²) in [5.74, 6) is -5.42. The van der Waals surface area contributed by atoms with E-state index in [0.717, 1.165) is 12.1 Å². The van der Waals surface area contributed by atoms with Crippen molar-refractivity contribution >= 4 is 23.4 Å². The third kappa shape index (κ3) is 2.67. The Morgan fingerprint density at radius 2 is 1.86 bits per heavy atom.